The first kappa shape index (κ1) is 26.2. The average Bonchev–Trinajstić information content (AvgIpc) is 3.16. The number of aromatic nitrogens is 1. The summed E-state index contributed by atoms with van der Waals surface area (Å²) in [4.78, 5) is 36.3. The Morgan fingerprint density at radius 1 is 1.06 bits per heavy atom. The zero-order chi connectivity index (χ0) is 26.1. The van der Waals surface area contributed by atoms with Gasteiger partial charge in [0.05, 0.1) is 18.4 Å². The number of benzene rings is 2. The number of rotatable bonds is 10. The molecule has 0 saturated carbocycles. The summed E-state index contributed by atoms with van der Waals surface area (Å²) in [5.41, 5.74) is 6.51. The molecule has 1 aromatic heterocycles. The van der Waals surface area contributed by atoms with Gasteiger partial charge in [-0.2, -0.15) is 5.10 Å². The number of para-hydroxylation sites is 1. The second-order valence-electron chi connectivity index (χ2n) is 8.05. The molecule has 3 aromatic rings. The third-order valence-electron chi connectivity index (χ3n) is 5.37. The highest BCUT2D eigenvalue weighted by molar-refractivity contribution is 5.90. The third kappa shape index (κ3) is 6.82. The van der Waals surface area contributed by atoms with Gasteiger partial charge in [-0.1, -0.05) is 18.2 Å². The predicted octanol–water partition coefficient (Wildman–Crippen LogP) is 3.30. The Morgan fingerprint density at radius 3 is 2.42 bits per heavy atom. The number of hydrogen-bond donors (Lipinski definition) is 2. The summed E-state index contributed by atoms with van der Waals surface area (Å²) in [7, 11) is 0. The molecule has 0 spiro atoms. The van der Waals surface area contributed by atoms with Crippen LogP contribution in [0.25, 0.3) is 5.69 Å². The van der Waals surface area contributed by atoms with Crippen molar-refractivity contribution in [2.75, 3.05) is 13.2 Å². The van der Waals surface area contributed by atoms with Crippen molar-refractivity contribution in [3.8, 4) is 11.4 Å². The van der Waals surface area contributed by atoms with Gasteiger partial charge >= 0.3 is 5.97 Å². The van der Waals surface area contributed by atoms with E-state index in [2.05, 4.69) is 15.8 Å². The molecule has 0 bridgehead atoms. The molecule has 2 amide bonds. The number of nitrogens with zero attached hydrogens (tertiary/aromatic N) is 2. The van der Waals surface area contributed by atoms with Crippen LogP contribution in [0.5, 0.6) is 5.75 Å². The van der Waals surface area contributed by atoms with Crippen LogP contribution in [-0.4, -0.2) is 47.8 Å². The van der Waals surface area contributed by atoms with E-state index in [1.54, 1.807) is 56.5 Å². The van der Waals surface area contributed by atoms with Crippen LogP contribution in [0.4, 0.5) is 0 Å². The Kier molecular flexibility index (Phi) is 8.99. The minimum Gasteiger partial charge on any atom is -0.484 e. The van der Waals surface area contributed by atoms with E-state index in [-0.39, 0.29) is 12.6 Å². The van der Waals surface area contributed by atoms with Gasteiger partial charge in [0, 0.05) is 22.6 Å². The highest BCUT2D eigenvalue weighted by atomic mass is 16.5. The summed E-state index contributed by atoms with van der Waals surface area (Å²) in [6, 6.07) is 17.2. The van der Waals surface area contributed by atoms with Gasteiger partial charge in [-0.05, 0) is 70.2 Å². The number of carbonyl (C=O) groups excluding carboxylic acids is 3. The number of ether oxygens (including phenoxy) is 2. The SMILES string of the molecule is CCOC(=O)c1ccc(-n2c(C)cc(/C=N/NC(=O)C(C)NC(=O)COc3ccccc3)c2C)cc1. The zero-order valence-electron chi connectivity index (χ0n) is 20.8. The molecule has 0 aliphatic heterocycles. The van der Waals surface area contributed by atoms with Crippen molar-refractivity contribution in [1.82, 2.24) is 15.3 Å². The Bertz CT molecular complexity index is 1230. The largest absolute Gasteiger partial charge is 0.484 e. The number of hydrogen-bond acceptors (Lipinski definition) is 6. The van der Waals surface area contributed by atoms with E-state index in [1.807, 2.05) is 42.7 Å². The first-order valence-corrected chi connectivity index (χ1v) is 11.6. The summed E-state index contributed by atoms with van der Waals surface area (Å²) in [5, 5.41) is 6.63. The summed E-state index contributed by atoms with van der Waals surface area (Å²) in [5.74, 6) is -0.657. The van der Waals surface area contributed by atoms with Gasteiger partial charge in [0.1, 0.15) is 11.8 Å². The average molecular weight is 491 g/mol. The van der Waals surface area contributed by atoms with Crippen molar-refractivity contribution in [1.29, 1.82) is 0 Å². The maximum absolute atomic E-state index is 12.3. The maximum atomic E-state index is 12.3. The molecular weight excluding hydrogens is 460 g/mol. The zero-order valence-corrected chi connectivity index (χ0v) is 20.8. The second-order valence-corrected chi connectivity index (χ2v) is 8.05. The van der Waals surface area contributed by atoms with Gasteiger partial charge in [0.25, 0.3) is 11.8 Å². The molecule has 1 atom stereocenters. The molecule has 0 fully saturated rings. The molecule has 3 rings (SSSR count). The van der Waals surface area contributed by atoms with Gasteiger partial charge < -0.3 is 19.4 Å². The van der Waals surface area contributed by atoms with Crippen molar-refractivity contribution in [3.05, 3.63) is 83.2 Å². The molecule has 2 aromatic carbocycles. The number of nitrogens with one attached hydrogen (secondary N) is 2. The van der Waals surface area contributed by atoms with Crippen LogP contribution in [0.3, 0.4) is 0 Å². The molecule has 2 N–H and O–H groups in total. The summed E-state index contributed by atoms with van der Waals surface area (Å²) >= 11 is 0. The van der Waals surface area contributed by atoms with Gasteiger partial charge in [0.2, 0.25) is 0 Å². The molecule has 1 unspecified atom stereocenters. The van der Waals surface area contributed by atoms with E-state index in [4.69, 9.17) is 9.47 Å². The highest BCUT2D eigenvalue weighted by Crippen LogP contribution is 2.20. The normalized spacial score (nSPS) is 11.7. The number of carbonyl (C=O) groups is 3. The lowest BCUT2D eigenvalue weighted by molar-refractivity contribution is -0.129. The van der Waals surface area contributed by atoms with Gasteiger partial charge in [-0.3, -0.25) is 9.59 Å². The van der Waals surface area contributed by atoms with E-state index in [1.165, 1.54) is 0 Å². The van der Waals surface area contributed by atoms with E-state index >= 15 is 0 Å². The second kappa shape index (κ2) is 12.3. The number of amides is 2. The van der Waals surface area contributed by atoms with Crippen LogP contribution in [0.15, 0.2) is 65.8 Å². The Balaban J connectivity index is 1.56. The van der Waals surface area contributed by atoms with Gasteiger partial charge in [-0.15, -0.1) is 0 Å². The van der Waals surface area contributed by atoms with Crippen LogP contribution >= 0.6 is 0 Å². The fraction of sp³-hybridized carbons (Fsp3) is 0.259. The minimum absolute atomic E-state index is 0.197. The monoisotopic (exact) mass is 490 g/mol. The molecule has 0 saturated heterocycles. The third-order valence-corrected chi connectivity index (χ3v) is 5.37. The Labute approximate surface area is 210 Å². The lowest BCUT2D eigenvalue weighted by atomic mass is 10.2. The Hall–Kier alpha value is -4.40. The molecule has 0 aliphatic carbocycles. The number of aryl methyl sites for hydroxylation is 1. The van der Waals surface area contributed by atoms with Crippen LogP contribution in [0.1, 0.15) is 41.2 Å². The van der Waals surface area contributed by atoms with Crippen molar-refractivity contribution < 1.29 is 23.9 Å². The summed E-state index contributed by atoms with van der Waals surface area (Å²) < 4.78 is 12.4. The van der Waals surface area contributed by atoms with Crippen LogP contribution in [0.2, 0.25) is 0 Å². The molecule has 0 radical (unpaired) electrons. The van der Waals surface area contributed by atoms with E-state index in [0.717, 1.165) is 22.6 Å². The quantitative estimate of drug-likeness (QED) is 0.257. The van der Waals surface area contributed by atoms with Crippen molar-refractivity contribution >= 4 is 24.0 Å². The van der Waals surface area contributed by atoms with Crippen molar-refractivity contribution in [2.24, 2.45) is 5.10 Å². The van der Waals surface area contributed by atoms with Crippen LogP contribution < -0.4 is 15.5 Å². The maximum Gasteiger partial charge on any atom is 0.338 e. The van der Waals surface area contributed by atoms with Gasteiger partial charge in [0.15, 0.2) is 6.61 Å². The van der Waals surface area contributed by atoms with Crippen molar-refractivity contribution in [2.45, 2.75) is 33.7 Å². The van der Waals surface area contributed by atoms with Crippen molar-refractivity contribution in [3.63, 3.8) is 0 Å². The molecule has 1 heterocycles. The van der Waals surface area contributed by atoms with E-state index < -0.39 is 17.9 Å². The standard InChI is InChI=1S/C27H30N4O5/c1-5-35-27(34)21-11-13-23(14-12-21)31-18(2)15-22(20(31)4)16-28-30-26(33)19(3)29-25(32)17-36-24-9-7-6-8-10-24/h6-16,19H,5,17H2,1-4H3,(H,29,32)(H,30,33)/b28-16+. The smallest absolute Gasteiger partial charge is 0.338 e. The predicted molar refractivity (Wildman–Crippen MR) is 136 cm³/mol. The highest BCUT2D eigenvalue weighted by Gasteiger charge is 2.16. The summed E-state index contributed by atoms with van der Waals surface area (Å²) in [6.45, 7) is 7.35. The number of hydrazone groups is 1. The van der Waals surface area contributed by atoms with E-state index in [0.29, 0.717) is 17.9 Å². The molecule has 36 heavy (non-hydrogen) atoms. The fourth-order valence-corrected chi connectivity index (χ4v) is 3.55. The molecule has 188 valence electrons. The fourth-order valence-electron chi connectivity index (χ4n) is 3.55. The van der Waals surface area contributed by atoms with Crippen LogP contribution in [0, 0.1) is 13.8 Å². The first-order chi connectivity index (χ1) is 17.3. The topological polar surface area (TPSA) is 111 Å². The number of esters is 1. The lowest BCUT2D eigenvalue weighted by Gasteiger charge is -2.12. The van der Waals surface area contributed by atoms with Crippen LogP contribution in [-0.2, 0) is 14.3 Å². The molecular formula is C27H30N4O5. The minimum atomic E-state index is -0.792. The van der Waals surface area contributed by atoms with Gasteiger partial charge in [-0.25, -0.2) is 10.2 Å². The summed E-state index contributed by atoms with van der Waals surface area (Å²) in [6.07, 6.45) is 1.55. The lowest BCUT2D eigenvalue weighted by Crippen LogP contribution is -2.45. The van der Waals surface area contributed by atoms with E-state index in [9.17, 15) is 14.4 Å². The molecule has 9 nitrogen and oxygen atoms in total. The molecule has 0 aliphatic rings. The first-order valence-electron chi connectivity index (χ1n) is 11.6. The molecule has 9 heteroatoms. The Morgan fingerprint density at radius 2 is 1.75 bits per heavy atom.